The lowest BCUT2D eigenvalue weighted by Crippen LogP contribution is -2.49. The van der Waals surface area contributed by atoms with Crippen molar-refractivity contribution in [3.05, 3.63) is 47.0 Å². The summed E-state index contributed by atoms with van der Waals surface area (Å²) in [6, 6.07) is 9.81. The molecule has 216 valence electrons. The summed E-state index contributed by atoms with van der Waals surface area (Å²) >= 11 is 6.10. The highest BCUT2D eigenvalue weighted by atomic mass is 35.5. The Bertz CT molecular complexity index is 1280. The number of carboxylic acids is 1. The van der Waals surface area contributed by atoms with E-state index in [4.69, 9.17) is 31.0 Å². The number of anilines is 1. The van der Waals surface area contributed by atoms with Crippen LogP contribution in [0.15, 0.2) is 36.4 Å². The van der Waals surface area contributed by atoms with Crippen LogP contribution in [-0.4, -0.2) is 85.0 Å². The van der Waals surface area contributed by atoms with Crippen LogP contribution in [0.3, 0.4) is 0 Å². The van der Waals surface area contributed by atoms with Crippen LogP contribution in [0.2, 0.25) is 5.02 Å². The van der Waals surface area contributed by atoms with Gasteiger partial charge in [0.25, 0.3) is 0 Å². The maximum atomic E-state index is 11.5. The van der Waals surface area contributed by atoms with Crippen LogP contribution >= 0.6 is 11.6 Å². The Balaban J connectivity index is 0.000000532. The number of halogens is 4. The zero-order chi connectivity index (χ0) is 29.0. The van der Waals surface area contributed by atoms with Crippen LogP contribution in [0.25, 0.3) is 0 Å². The van der Waals surface area contributed by atoms with Crippen LogP contribution in [0.4, 0.5) is 18.9 Å². The summed E-state index contributed by atoms with van der Waals surface area (Å²) in [5.74, 6) is -1.76. The first-order valence-electron chi connectivity index (χ1n) is 11.7. The molecule has 10 nitrogen and oxygen atoms in total. The van der Waals surface area contributed by atoms with Crippen molar-refractivity contribution in [1.82, 2.24) is 4.90 Å². The maximum Gasteiger partial charge on any atom is 0.490 e. The molecule has 2 heterocycles. The Morgan fingerprint density at radius 2 is 1.87 bits per heavy atom. The Morgan fingerprint density at radius 3 is 2.46 bits per heavy atom. The van der Waals surface area contributed by atoms with Gasteiger partial charge < -0.3 is 29.7 Å². The minimum Gasteiger partial charge on any atom is -0.508 e. The molecule has 0 bridgehead atoms. The lowest BCUT2D eigenvalue weighted by molar-refractivity contribution is -0.192. The van der Waals surface area contributed by atoms with E-state index in [-0.39, 0.29) is 29.4 Å². The Kier molecular flexibility index (Phi) is 9.47. The van der Waals surface area contributed by atoms with Gasteiger partial charge in [-0.3, -0.25) is 4.72 Å². The number of aliphatic hydroxyl groups excluding tert-OH is 1. The normalized spacial score (nSPS) is 17.4. The molecule has 15 heteroatoms. The molecule has 0 amide bonds. The SMILES string of the molecule is CS(=O)(=O)Nc1ccc(O)cc1OC[C@@H](O)CN1CCC2(CC1)Cc1cc(Cl)ccc1O2.O=C(O)C(F)(F)F. The molecule has 1 fully saturated rings. The highest BCUT2D eigenvalue weighted by Gasteiger charge is 2.42. The number of rotatable bonds is 7. The van der Waals surface area contributed by atoms with Crippen molar-refractivity contribution < 1.29 is 51.2 Å². The topological polar surface area (TPSA) is 146 Å². The molecular weight excluding hydrogens is 569 g/mol. The number of piperidine rings is 1. The van der Waals surface area contributed by atoms with Gasteiger partial charge in [-0.05, 0) is 35.9 Å². The molecule has 39 heavy (non-hydrogen) atoms. The fourth-order valence-electron chi connectivity index (χ4n) is 4.28. The molecule has 2 aliphatic rings. The number of carboxylic acid groups (broad SMARTS) is 1. The van der Waals surface area contributed by atoms with Crippen LogP contribution in [0, 0.1) is 0 Å². The van der Waals surface area contributed by atoms with Crippen LogP contribution < -0.4 is 14.2 Å². The fourth-order valence-corrected chi connectivity index (χ4v) is 5.04. The molecule has 2 aromatic rings. The number of hydrogen-bond acceptors (Lipinski definition) is 8. The van der Waals surface area contributed by atoms with E-state index < -0.39 is 28.3 Å². The van der Waals surface area contributed by atoms with Crippen molar-refractivity contribution in [2.75, 3.05) is 37.2 Å². The van der Waals surface area contributed by atoms with E-state index in [2.05, 4.69) is 9.62 Å². The minimum atomic E-state index is -5.08. The number of aliphatic carboxylic acids is 1. The summed E-state index contributed by atoms with van der Waals surface area (Å²) in [5.41, 5.74) is 1.14. The largest absolute Gasteiger partial charge is 0.508 e. The van der Waals surface area contributed by atoms with Gasteiger partial charge in [0.1, 0.15) is 35.6 Å². The van der Waals surface area contributed by atoms with Crippen LogP contribution in [0.1, 0.15) is 18.4 Å². The van der Waals surface area contributed by atoms with Crippen LogP contribution in [0.5, 0.6) is 17.2 Å². The predicted molar refractivity (Wildman–Crippen MR) is 136 cm³/mol. The Hall–Kier alpha value is -2.94. The Labute approximate surface area is 228 Å². The number of aliphatic hydroxyl groups is 1. The quantitative estimate of drug-likeness (QED) is 0.354. The highest BCUT2D eigenvalue weighted by Crippen LogP contribution is 2.42. The molecule has 4 N–H and O–H groups in total. The number of benzene rings is 2. The first kappa shape index (κ1) is 30.6. The van der Waals surface area contributed by atoms with Crippen molar-refractivity contribution in [3.8, 4) is 17.2 Å². The number of hydrogen-bond donors (Lipinski definition) is 4. The molecule has 0 radical (unpaired) electrons. The van der Waals surface area contributed by atoms with E-state index in [0.29, 0.717) is 11.6 Å². The summed E-state index contributed by atoms with van der Waals surface area (Å²) in [5, 5.41) is 28.0. The van der Waals surface area contributed by atoms with E-state index in [0.717, 1.165) is 49.9 Å². The minimum absolute atomic E-state index is 0.0377. The van der Waals surface area contributed by atoms with Crippen LogP contribution in [-0.2, 0) is 21.2 Å². The first-order valence-corrected chi connectivity index (χ1v) is 13.9. The summed E-state index contributed by atoms with van der Waals surface area (Å²) in [4.78, 5) is 11.1. The second-order valence-corrected chi connectivity index (χ2v) is 11.5. The van der Waals surface area contributed by atoms with Gasteiger partial charge in [-0.2, -0.15) is 13.2 Å². The standard InChI is InChI=1S/C22H27ClN2O6S.C2HF3O2/c1-32(28,29)24-19-4-3-17(26)11-21(19)30-14-18(27)13-25-8-6-22(7-9-25)12-15-10-16(23)2-5-20(15)31-22;3-2(4,5)1(6)7/h2-5,10-11,18,24,26-27H,6-9,12-14H2,1H3;(H,6,7)/t18-;/m0./s1. The van der Waals surface area contributed by atoms with Crippen molar-refractivity contribution in [3.63, 3.8) is 0 Å². The summed E-state index contributed by atoms with van der Waals surface area (Å²) in [6.45, 7) is 1.95. The number of aromatic hydroxyl groups is 1. The molecule has 0 saturated carbocycles. The summed E-state index contributed by atoms with van der Waals surface area (Å²) < 4.78 is 69.0. The lowest BCUT2D eigenvalue weighted by atomic mass is 9.87. The van der Waals surface area contributed by atoms with Gasteiger partial charge in [0.05, 0.1) is 11.9 Å². The number of fused-ring (bicyclic) bond motifs is 1. The lowest BCUT2D eigenvalue weighted by Gasteiger charge is -2.39. The molecule has 2 aromatic carbocycles. The molecule has 0 aliphatic carbocycles. The first-order chi connectivity index (χ1) is 18.1. The van der Waals surface area contributed by atoms with Crippen molar-refractivity contribution in [2.45, 2.75) is 37.1 Å². The van der Waals surface area contributed by atoms with Gasteiger partial charge in [-0.15, -0.1) is 0 Å². The van der Waals surface area contributed by atoms with Gasteiger partial charge in [-0.1, -0.05) is 11.6 Å². The van der Waals surface area contributed by atoms with E-state index in [1.807, 2.05) is 18.2 Å². The number of phenols is 1. The van der Waals surface area contributed by atoms with Gasteiger partial charge in [0.2, 0.25) is 10.0 Å². The number of phenolic OH excluding ortho intramolecular Hbond substituents is 1. The zero-order valence-electron chi connectivity index (χ0n) is 20.7. The second-order valence-electron chi connectivity index (χ2n) is 9.34. The van der Waals surface area contributed by atoms with E-state index in [1.54, 1.807) is 0 Å². The molecule has 1 atom stereocenters. The third-order valence-corrected chi connectivity index (χ3v) is 6.86. The van der Waals surface area contributed by atoms with Gasteiger partial charge >= 0.3 is 12.1 Å². The van der Waals surface area contributed by atoms with E-state index in [9.17, 15) is 31.8 Å². The van der Waals surface area contributed by atoms with Crippen molar-refractivity contribution in [2.24, 2.45) is 0 Å². The van der Waals surface area contributed by atoms with Gasteiger partial charge in [0.15, 0.2) is 0 Å². The van der Waals surface area contributed by atoms with Gasteiger partial charge in [0, 0.05) is 50.0 Å². The van der Waals surface area contributed by atoms with Crippen molar-refractivity contribution >= 4 is 33.3 Å². The number of nitrogens with one attached hydrogen (secondary N) is 1. The monoisotopic (exact) mass is 596 g/mol. The van der Waals surface area contributed by atoms with Crippen molar-refractivity contribution in [1.29, 1.82) is 0 Å². The average Bonchev–Trinajstić information content (AvgIpc) is 3.16. The molecule has 4 rings (SSSR count). The highest BCUT2D eigenvalue weighted by molar-refractivity contribution is 7.92. The number of ether oxygens (including phenoxy) is 2. The number of β-amino-alcohol motifs (C(OH)–C–C–N with tert-alkyl or cyclic N) is 1. The molecule has 1 spiro atoms. The number of likely N-dealkylation sites (tertiary alicyclic amines) is 1. The van der Waals surface area contributed by atoms with E-state index >= 15 is 0 Å². The zero-order valence-corrected chi connectivity index (χ0v) is 22.3. The predicted octanol–water partition coefficient (Wildman–Crippen LogP) is 3.26. The maximum absolute atomic E-state index is 11.5. The average molecular weight is 597 g/mol. The number of carbonyl (C=O) groups is 1. The molecule has 1 saturated heterocycles. The van der Waals surface area contributed by atoms with E-state index in [1.165, 1.54) is 18.2 Å². The smallest absolute Gasteiger partial charge is 0.490 e. The summed E-state index contributed by atoms with van der Waals surface area (Å²) in [7, 11) is -3.51. The fraction of sp³-hybridized carbons (Fsp3) is 0.458. The molecular formula is C24H28ClF3N2O8S. The molecule has 0 unspecified atom stereocenters. The van der Waals surface area contributed by atoms with Gasteiger partial charge in [-0.25, -0.2) is 13.2 Å². The Morgan fingerprint density at radius 1 is 1.23 bits per heavy atom. The third-order valence-electron chi connectivity index (χ3n) is 6.03. The number of nitrogens with zero attached hydrogens (tertiary/aromatic N) is 1. The molecule has 2 aliphatic heterocycles. The second kappa shape index (κ2) is 12.1. The summed E-state index contributed by atoms with van der Waals surface area (Å²) in [6.07, 6.45) is -2.29. The number of alkyl halides is 3. The number of sulfonamides is 1. The molecule has 0 aromatic heterocycles. The third kappa shape index (κ3) is 9.05.